The molecule has 1 aliphatic carbocycles. The summed E-state index contributed by atoms with van der Waals surface area (Å²) in [5, 5.41) is 12.5. The van der Waals surface area contributed by atoms with Gasteiger partial charge in [0.1, 0.15) is 28.6 Å². The van der Waals surface area contributed by atoms with E-state index in [1.165, 1.54) is 10.5 Å². The van der Waals surface area contributed by atoms with E-state index in [1.807, 2.05) is 31.2 Å². The maximum atomic E-state index is 13.2. The second kappa shape index (κ2) is 8.84. The summed E-state index contributed by atoms with van der Waals surface area (Å²) in [4.78, 5) is 30.3. The van der Waals surface area contributed by atoms with E-state index >= 15 is 0 Å². The van der Waals surface area contributed by atoms with Crippen molar-refractivity contribution in [2.75, 3.05) is 0 Å². The van der Waals surface area contributed by atoms with Crippen molar-refractivity contribution in [3.05, 3.63) is 75.7 Å². The molecule has 1 saturated carbocycles. The van der Waals surface area contributed by atoms with E-state index in [0.29, 0.717) is 11.4 Å². The fraction of sp³-hybridized carbons (Fsp3) is 0.250. The summed E-state index contributed by atoms with van der Waals surface area (Å²) < 4.78 is 7.29. The number of carbonyl (C=O) groups is 1. The Morgan fingerprint density at radius 2 is 2.06 bits per heavy atom. The minimum atomic E-state index is -0.492. The Hall–Kier alpha value is -3.92. The molecule has 0 bridgehead atoms. The Balaban J connectivity index is 1.79. The van der Waals surface area contributed by atoms with Crippen LogP contribution in [0.15, 0.2) is 59.0 Å². The number of nitriles is 1. The number of ether oxygens (including phenoxy) is 1. The Morgan fingerprint density at radius 3 is 2.81 bits per heavy atom. The summed E-state index contributed by atoms with van der Waals surface area (Å²) in [5.41, 5.74) is 0.857. The quantitative estimate of drug-likeness (QED) is 0.506. The molecule has 7 heteroatoms. The first kappa shape index (κ1) is 20.4. The van der Waals surface area contributed by atoms with E-state index in [2.05, 4.69) is 10.3 Å². The highest BCUT2D eigenvalue weighted by molar-refractivity contribution is 6.02. The van der Waals surface area contributed by atoms with Crippen molar-refractivity contribution in [3.8, 4) is 17.7 Å². The number of aryl methyl sites for hydroxylation is 1. The number of carbonyl (C=O) groups excluding carboxylic acids is 1. The van der Waals surface area contributed by atoms with Gasteiger partial charge in [-0.2, -0.15) is 10.2 Å². The highest BCUT2D eigenvalue weighted by Crippen LogP contribution is 2.25. The number of hydrogen-bond donors (Lipinski definition) is 1. The lowest BCUT2D eigenvalue weighted by atomic mass is 10.1. The molecule has 1 amide bonds. The molecule has 0 atom stereocenters. The van der Waals surface area contributed by atoms with Gasteiger partial charge in [0.2, 0.25) is 5.88 Å². The minimum absolute atomic E-state index is 0.0446. The van der Waals surface area contributed by atoms with Crippen LogP contribution in [0.25, 0.3) is 11.7 Å². The van der Waals surface area contributed by atoms with Crippen LogP contribution in [-0.4, -0.2) is 21.3 Å². The molecule has 1 aromatic carbocycles. The number of benzene rings is 1. The number of amides is 1. The highest BCUT2D eigenvalue weighted by atomic mass is 16.5. The predicted octanol–water partition coefficient (Wildman–Crippen LogP) is 3.76. The normalized spacial score (nSPS) is 14.4. The van der Waals surface area contributed by atoms with Gasteiger partial charge < -0.3 is 10.1 Å². The van der Waals surface area contributed by atoms with Crippen LogP contribution in [0.1, 0.15) is 36.8 Å². The van der Waals surface area contributed by atoms with Gasteiger partial charge in [0.15, 0.2) is 0 Å². The Kier molecular flexibility index (Phi) is 5.80. The van der Waals surface area contributed by atoms with Crippen LogP contribution >= 0.6 is 0 Å². The van der Waals surface area contributed by atoms with Crippen molar-refractivity contribution < 1.29 is 9.53 Å². The second-order valence-electron chi connectivity index (χ2n) is 7.61. The standard InChI is InChI=1S/C24H22N4O3/c1-16-7-6-10-19(13-16)31-23-20(24(30)28-12-5-4-11-21(28)27-23)14-17(15-25)22(29)26-18-8-2-3-9-18/h4-7,10-14,18H,2-3,8-9H2,1H3,(H,26,29). The lowest BCUT2D eigenvalue weighted by Gasteiger charge is -2.12. The topological polar surface area (TPSA) is 96.5 Å². The van der Waals surface area contributed by atoms with E-state index in [0.717, 1.165) is 31.2 Å². The van der Waals surface area contributed by atoms with Crippen LogP contribution in [0, 0.1) is 18.3 Å². The molecule has 2 aromatic heterocycles. The summed E-state index contributed by atoms with van der Waals surface area (Å²) in [5.74, 6) is 0.0624. The molecule has 0 aliphatic heterocycles. The molecule has 0 saturated heterocycles. The first-order valence-electron chi connectivity index (χ1n) is 10.2. The van der Waals surface area contributed by atoms with Crippen LogP contribution in [0.2, 0.25) is 0 Å². The van der Waals surface area contributed by atoms with Gasteiger partial charge in [-0.1, -0.05) is 31.0 Å². The molecule has 2 heterocycles. The number of fused-ring (bicyclic) bond motifs is 1. The van der Waals surface area contributed by atoms with Gasteiger partial charge in [0.05, 0.1) is 0 Å². The molecule has 1 N–H and O–H groups in total. The number of pyridine rings is 1. The van der Waals surface area contributed by atoms with Crippen LogP contribution in [0.5, 0.6) is 11.6 Å². The molecule has 156 valence electrons. The molecule has 0 spiro atoms. The summed E-state index contributed by atoms with van der Waals surface area (Å²) in [6.07, 6.45) is 6.76. The summed E-state index contributed by atoms with van der Waals surface area (Å²) in [7, 11) is 0. The summed E-state index contributed by atoms with van der Waals surface area (Å²) in [6, 6.07) is 14.5. The number of nitrogens with zero attached hydrogens (tertiary/aromatic N) is 3. The average Bonchev–Trinajstić information content (AvgIpc) is 3.27. The number of hydrogen-bond acceptors (Lipinski definition) is 5. The fourth-order valence-electron chi connectivity index (χ4n) is 3.70. The van der Waals surface area contributed by atoms with Crippen LogP contribution in [0.3, 0.4) is 0 Å². The van der Waals surface area contributed by atoms with Crippen molar-refractivity contribution in [1.29, 1.82) is 5.26 Å². The third-order valence-electron chi connectivity index (χ3n) is 5.28. The Morgan fingerprint density at radius 1 is 1.26 bits per heavy atom. The van der Waals surface area contributed by atoms with Gasteiger partial charge in [-0.25, -0.2) is 0 Å². The zero-order valence-electron chi connectivity index (χ0n) is 17.2. The highest BCUT2D eigenvalue weighted by Gasteiger charge is 2.21. The average molecular weight is 414 g/mol. The lowest BCUT2D eigenvalue weighted by molar-refractivity contribution is -0.117. The maximum absolute atomic E-state index is 13.2. The zero-order chi connectivity index (χ0) is 21.8. The fourth-order valence-corrected chi connectivity index (χ4v) is 3.70. The molecular weight excluding hydrogens is 392 g/mol. The predicted molar refractivity (Wildman–Crippen MR) is 117 cm³/mol. The van der Waals surface area contributed by atoms with Gasteiger partial charge in [-0.05, 0) is 55.7 Å². The van der Waals surface area contributed by atoms with E-state index < -0.39 is 11.5 Å². The molecular formula is C24H22N4O3. The van der Waals surface area contributed by atoms with Gasteiger partial charge in [-0.3, -0.25) is 14.0 Å². The van der Waals surface area contributed by atoms with Gasteiger partial charge in [0.25, 0.3) is 11.5 Å². The van der Waals surface area contributed by atoms with Crippen molar-refractivity contribution in [2.45, 2.75) is 38.6 Å². The van der Waals surface area contributed by atoms with Crippen molar-refractivity contribution in [3.63, 3.8) is 0 Å². The molecule has 0 radical (unpaired) electrons. The van der Waals surface area contributed by atoms with Crippen molar-refractivity contribution >= 4 is 17.6 Å². The zero-order valence-corrected chi connectivity index (χ0v) is 17.2. The van der Waals surface area contributed by atoms with Crippen LogP contribution < -0.4 is 15.6 Å². The number of rotatable bonds is 5. The molecule has 1 aliphatic rings. The third kappa shape index (κ3) is 4.48. The van der Waals surface area contributed by atoms with E-state index in [-0.39, 0.29) is 23.1 Å². The van der Waals surface area contributed by atoms with Gasteiger partial charge in [-0.15, -0.1) is 0 Å². The maximum Gasteiger partial charge on any atom is 0.269 e. The summed E-state index contributed by atoms with van der Waals surface area (Å²) in [6.45, 7) is 1.93. The van der Waals surface area contributed by atoms with E-state index in [4.69, 9.17) is 4.74 Å². The SMILES string of the molecule is Cc1cccc(Oc2nc3ccccn3c(=O)c2C=C(C#N)C(=O)NC2CCCC2)c1. The monoisotopic (exact) mass is 414 g/mol. The van der Waals surface area contributed by atoms with Crippen LogP contribution in [-0.2, 0) is 4.79 Å². The largest absolute Gasteiger partial charge is 0.438 e. The molecule has 1 fully saturated rings. The molecule has 0 unspecified atom stereocenters. The van der Waals surface area contributed by atoms with Gasteiger partial charge in [0, 0.05) is 12.2 Å². The smallest absolute Gasteiger partial charge is 0.269 e. The van der Waals surface area contributed by atoms with E-state index in [1.54, 1.807) is 30.5 Å². The third-order valence-corrected chi connectivity index (χ3v) is 5.28. The first-order chi connectivity index (χ1) is 15.0. The number of aromatic nitrogens is 2. The first-order valence-corrected chi connectivity index (χ1v) is 10.2. The molecule has 31 heavy (non-hydrogen) atoms. The van der Waals surface area contributed by atoms with E-state index in [9.17, 15) is 14.9 Å². The minimum Gasteiger partial charge on any atom is -0.438 e. The number of nitrogens with one attached hydrogen (secondary N) is 1. The summed E-state index contributed by atoms with van der Waals surface area (Å²) >= 11 is 0. The molecule has 4 rings (SSSR count). The molecule has 7 nitrogen and oxygen atoms in total. The van der Waals surface area contributed by atoms with Gasteiger partial charge >= 0.3 is 0 Å². The molecule has 3 aromatic rings. The lowest BCUT2D eigenvalue weighted by Crippen LogP contribution is -2.33. The van der Waals surface area contributed by atoms with Crippen molar-refractivity contribution in [2.24, 2.45) is 0 Å². The Bertz CT molecular complexity index is 1260. The Labute approximate surface area is 179 Å². The van der Waals surface area contributed by atoms with Crippen molar-refractivity contribution in [1.82, 2.24) is 14.7 Å². The van der Waals surface area contributed by atoms with Crippen LogP contribution in [0.4, 0.5) is 0 Å². The second-order valence-corrected chi connectivity index (χ2v) is 7.61.